The number of nitrogens with zero attached hydrogens (tertiary/aromatic N) is 4. The lowest BCUT2D eigenvalue weighted by atomic mass is 10.2. The van der Waals surface area contributed by atoms with E-state index in [1.165, 1.54) is 0 Å². The number of hydrogen-bond donors (Lipinski definition) is 0. The number of aromatic nitrogens is 4. The zero-order chi connectivity index (χ0) is 20.3. The largest absolute Gasteiger partial charge is 0.497 e. The van der Waals surface area contributed by atoms with Crippen LogP contribution in [-0.4, -0.2) is 26.9 Å². The summed E-state index contributed by atoms with van der Waals surface area (Å²) in [4.78, 5) is 4.73. The Labute approximate surface area is 172 Å². The second-order valence-electron chi connectivity index (χ2n) is 6.58. The molecule has 0 saturated heterocycles. The van der Waals surface area contributed by atoms with E-state index >= 15 is 0 Å². The van der Waals surface area contributed by atoms with Crippen molar-refractivity contribution in [3.05, 3.63) is 84.7 Å². The van der Waals surface area contributed by atoms with Gasteiger partial charge in [0.25, 0.3) is 5.89 Å². The van der Waals surface area contributed by atoms with Crippen LogP contribution in [-0.2, 0) is 6.61 Å². The van der Waals surface area contributed by atoms with Gasteiger partial charge in [-0.25, -0.2) is 4.98 Å². The minimum absolute atomic E-state index is 0.0993. The molecule has 0 aliphatic heterocycles. The number of rotatable bonds is 6. The third-order valence-corrected chi connectivity index (χ3v) is 4.71. The lowest BCUT2D eigenvalue weighted by molar-refractivity contribution is 0.215. The van der Waals surface area contributed by atoms with E-state index in [0.29, 0.717) is 5.89 Å². The van der Waals surface area contributed by atoms with Gasteiger partial charge in [0.1, 0.15) is 5.75 Å². The number of hydrogen-bond acceptors (Lipinski definition) is 6. The second kappa shape index (κ2) is 7.71. The number of benzene rings is 3. The molecule has 0 saturated carbocycles. The van der Waals surface area contributed by atoms with Crippen LogP contribution in [0, 0.1) is 0 Å². The first-order valence-corrected chi connectivity index (χ1v) is 9.44. The first kappa shape index (κ1) is 17.9. The summed E-state index contributed by atoms with van der Waals surface area (Å²) < 4.78 is 18.7. The van der Waals surface area contributed by atoms with E-state index in [1.807, 2.05) is 83.4 Å². The Morgan fingerprint density at radius 3 is 2.43 bits per heavy atom. The van der Waals surface area contributed by atoms with Crippen LogP contribution in [0.3, 0.4) is 0 Å². The van der Waals surface area contributed by atoms with E-state index in [4.69, 9.17) is 18.9 Å². The topological polar surface area (TPSA) is 75.2 Å². The fraction of sp³-hybridized carbons (Fsp3) is 0.0870. The summed E-state index contributed by atoms with van der Waals surface area (Å²) in [5.74, 6) is 1.93. The zero-order valence-electron chi connectivity index (χ0n) is 16.2. The zero-order valence-corrected chi connectivity index (χ0v) is 16.2. The number of para-hydroxylation sites is 2. The highest BCUT2D eigenvalue weighted by molar-refractivity contribution is 5.78. The molecule has 2 aromatic heterocycles. The van der Waals surface area contributed by atoms with Crippen LogP contribution >= 0.6 is 0 Å². The molecule has 0 radical (unpaired) electrons. The third kappa shape index (κ3) is 3.37. The first-order valence-electron chi connectivity index (χ1n) is 9.44. The van der Waals surface area contributed by atoms with Gasteiger partial charge in [0.05, 0.1) is 18.1 Å². The van der Waals surface area contributed by atoms with E-state index in [9.17, 15) is 0 Å². The van der Waals surface area contributed by atoms with Crippen LogP contribution < -0.4 is 9.47 Å². The molecule has 30 heavy (non-hydrogen) atoms. The highest BCUT2D eigenvalue weighted by Crippen LogP contribution is 2.25. The van der Waals surface area contributed by atoms with Crippen molar-refractivity contribution in [3.8, 4) is 29.0 Å². The SMILES string of the molecule is COc1ccc(-n2c(COc3nnc(-c4ccccc4)o3)nc3ccccc32)cc1. The van der Waals surface area contributed by atoms with Gasteiger partial charge in [-0.05, 0) is 48.5 Å². The molecule has 0 spiro atoms. The predicted octanol–water partition coefficient (Wildman–Crippen LogP) is 4.66. The molecule has 0 aliphatic rings. The summed E-state index contributed by atoms with van der Waals surface area (Å²) in [6.07, 6.45) is 0.0993. The molecule has 0 bridgehead atoms. The summed E-state index contributed by atoms with van der Waals surface area (Å²) >= 11 is 0. The van der Waals surface area contributed by atoms with Gasteiger partial charge in [0.2, 0.25) is 0 Å². The molecule has 7 heteroatoms. The Balaban J connectivity index is 1.45. The van der Waals surface area contributed by atoms with Crippen molar-refractivity contribution in [2.24, 2.45) is 0 Å². The molecule has 3 aromatic carbocycles. The lowest BCUT2D eigenvalue weighted by Gasteiger charge is -2.10. The van der Waals surface area contributed by atoms with Gasteiger partial charge in [-0.15, -0.1) is 5.10 Å². The molecule has 0 atom stereocenters. The van der Waals surface area contributed by atoms with E-state index in [0.717, 1.165) is 33.9 Å². The third-order valence-electron chi connectivity index (χ3n) is 4.71. The molecule has 2 heterocycles. The van der Waals surface area contributed by atoms with Gasteiger partial charge in [-0.3, -0.25) is 4.57 Å². The fourth-order valence-corrected chi connectivity index (χ4v) is 3.28. The summed E-state index contributed by atoms with van der Waals surface area (Å²) in [6, 6.07) is 25.3. The van der Waals surface area contributed by atoms with E-state index in [-0.39, 0.29) is 12.7 Å². The Morgan fingerprint density at radius 1 is 0.867 bits per heavy atom. The van der Waals surface area contributed by atoms with E-state index in [2.05, 4.69) is 10.2 Å². The van der Waals surface area contributed by atoms with Crippen LogP contribution in [0.1, 0.15) is 5.82 Å². The molecule has 7 nitrogen and oxygen atoms in total. The Morgan fingerprint density at radius 2 is 1.63 bits per heavy atom. The smallest absolute Gasteiger partial charge is 0.415 e. The minimum atomic E-state index is 0.0993. The number of ether oxygens (including phenoxy) is 2. The monoisotopic (exact) mass is 398 g/mol. The Kier molecular flexibility index (Phi) is 4.61. The lowest BCUT2D eigenvalue weighted by Crippen LogP contribution is -2.05. The van der Waals surface area contributed by atoms with Gasteiger partial charge in [0, 0.05) is 11.3 Å². The molecule has 5 rings (SSSR count). The van der Waals surface area contributed by atoms with Crippen molar-refractivity contribution in [2.45, 2.75) is 6.61 Å². The van der Waals surface area contributed by atoms with Crippen molar-refractivity contribution < 1.29 is 13.9 Å². The van der Waals surface area contributed by atoms with Crippen LogP contribution in [0.2, 0.25) is 0 Å². The van der Waals surface area contributed by atoms with Crippen molar-refractivity contribution >= 4 is 11.0 Å². The van der Waals surface area contributed by atoms with Gasteiger partial charge in [-0.1, -0.05) is 35.4 Å². The molecule has 0 amide bonds. The molecule has 0 aliphatic carbocycles. The highest BCUT2D eigenvalue weighted by atomic mass is 16.6. The number of imidazole rings is 1. The maximum absolute atomic E-state index is 5.78. The van der Waals surface area contributed by atoms with Gasteiger partial charge < -0.3 is 13.9 Å². The molecular formula is C23H18N4O3. The quantitative estimate of drug-likeness (QED) is 0.414. The molecular weight excluding hydrogens is 380 g/mol. The van der Waals surface area contributed by atoms with Crippen molar-refractivity contribution in [1.29, 1.82) is 0 Å². The summed E-state index contributed by atoms with van der Waals surface area (Å²) in [6.45, 7) is 0.178. The normalized spacial score (nSPS) is 11.0. The van der Waals surface area contributed by atoms with Crippen LogP contribution in [0.5, 0.6) is 11.8 Å². The second-order valence-corrected chi connectivity index (χ2v) is 6.58. The summed E-state index contributed by atoms with van der Waals surface area (Å²) in [5, 5.41) is 8.05. The number of methoxy groups -OCH3 is 1. The van der Waals surface area contributed by atoms with E-state index < -0.39 is 0 Å². The molecule has 0 unspecified atom stereocenters. The molecule has 0 fully saturated rings. The van der Waals surface area contributed by atoms with Crippen LogP contribution in [0.25, 0.3) is 28.2 Å². The molecule has 148 valence electrons. The minimum Gasteiger partial charge on any atom is -0.497 e. The average molecular weight is 398 g/mol. The summed E-state index contributed by atoms with van der Waals surface area (Å²) in [7, 11) is 1.65. The fourth-order valence-electron chi connectivity index (χ4n) is 3.28. The maximum atomic E-state index is 5.78. The molecule has 0 N–H and O–H groups in total. The Hall–Kier alpha value is -4.13. The van der Waals surface area contributed by atoms with Crippen LogP contribution in [0.15, 0.2) is 83.3 Å². The Bertz CT molecular complexity index is 1280. The predicted molar refractivity (Wildman–Crippen MR) is 112 cm³/mol. The summed E-state index contributed by atoms with van der Waals surface area (Å²) in [5.41, 5.74) is 3.66. The standard InChI is InChI=1S/C23H18N4O3/c1-28-18-13-11-17(12-14-18)27-20-10-6-5-9-19(20)24-21(27)15-29-23-26-25-22(30-23)16-7-3-2-4-8-16/h2-14H,15H2,1H3. The van der Waals surface area contributed by atoms with Crippen molar-refractivity contribution in [2.75, 3.05) is 7.11 Å². The van der Waals surface area contributed by atoms with E-state index in [1.54, 1.807) is 7.11 Å². The average Bonchev–Trinajstić information content (AvgIpc) is 3.43. The van der Waals surface area contributed by atoms with Crippen LogP contribution in [0.4, 0.5) is 0 Å². The van der Waals surface area contributed by atoms with Crippen molar-refractivity contribution in [1.82, 2.24) is 19.7 Å². The van der Waals surface area contributed by atoms with Gasteiger partial charge >= 0.3 is 6.08 Å². The van der Waals surface area contributed by atoms with Crippen molar-refractivity contribution in [3.63, 3.8) is 0 Å². The molecule has 5 aromatic rings. The van der Waals surface area contributed by atoms with Gasteiger partial charge in [0.15, 0.2) is 12.4 Å². The highest BCUT2D eigenvalue weighted by Gasteiger charge is 2.15. The van der Waals surface area contributed by atoms with Gasteiger partial charge in [-0.2, -0.15) is 0 Å². The maximum Gasteiger partial charge on any atom is 0.415 e. The first-order chi connectivity index (χ1) is 14.8. The number of fused-ring (bicyclic) bond motifs is 1.